The zero-order valence-electron chi connectivity index (χ0n) is 12.0. The van der Waals surface area contributed by atoms with Gasteiger partial charge in [0, 0.05) is 11.1 Å². The van der Waals surface area contributed by atoms with Gasteiger partial charge in [0.25, 0.3) is 0 Å². The van der Waals surface area contributed by atoms with Gasteiger partial charge >= 0.3 is 0 Å². The monoisotopic (exact) mass is 287 g/mol. The molecule has 3 rings (SSSR count). The minimum atomic E-state index is -0.0837. The van der Waals surface area contributed by atoms with Crippen molar-refractivity contribution < 1.29 is 9.53 Å². The highest BCUT2D eigenvalue weighted by Gasteiger charge is 2.14. The van der Waals surface area contributed by atoms with E-state index in [4.69, 9.17) is 10.00 Å². The highest BCUT2D eigenvalue weighted by Crippen LogP contribution is 2.27. The number of nitriles is 1. The summed E-state index contributed by atoms with van der Waals surface area (Å²) in [6.07, 6.45) is 0. The molecule has 0 radical (unpaired) electrons. The van der Waals surface area contributed by atoms with Crippen molar-refractivity contribution in [2.75, 3.05) is 7.11 Å². The Labute approximate surface area is 128 Å². The maximum Gasteiger partial charge on any atom is 0.193 e. The van der Waals surface area contributed by atoms with Crippen LogP contribution < -0.4 is 4.74 Å². The Bertz CT molecular complexity index is 889. The van der Waals surface area contributed by atoms with Gasteiger partial charge in [-0.25, -0.2) is 0 Å². The highest BCUT2D eigenvalue weighted by molar-refractivity contribution is 6.16. The molecule has 0 heterocycles. The highest BCUT2D eigenvalue weighted by atomic mass is 16.5. The quantitative estimate of drug-likeness (QED) is 0.685. The molecule has 0 fully saturated rings. The van der Waals surface area contributed by atoms with Crippen LogP contribution in [0.1, 0.15) is 21.5 Å². The Morgan fingerprint density at radius 2 is 1.77 bits per heavy atom. The summed E-state index contributed by atoms with van der Waals surface area (Å²) in [5.41, 5.74) is 1.68. The number of benzene rings is 3. The zero-order valence-corrected chi connectivity index (χ0v) is 12.0. The first-order chi connectivity index (χ1) is 10.7. The molecule has 0 aliphatic carbocycles. The third-order valence-corrected chi connectivity index (χ3v) is 3.59. The van der Waals surface area contributed by atoms with Crippen LogP contribution in [0.3, 0.4) is 0 Å². The summed E-state index contributed by atoms with van der Waals surface area (Å²) in [5.74, 6) is 0.565. The number of carbonyl (C=O) groups excluding carboxylic acids is 1. The van der Waals surface area contributed by atoms with Crippen molar-refractivity contribution in [2.24, 2.45) is 0 Å². The standard InChI is InChI=1S/C19H13NO2/c1-22-16-10-15-4-2-3-5-17(15)18(11-16)19(21)14-8-6-13(12-20)7-9-14/h2-11H,1H3. The molecule has 0 saturated carbocycles. The lowest BCUT2D eigenvalue weighted by Gasteiger charge is -2.09. The van der Waals surface area contributed by atoms with E-state index in [9.17, 15) is 4.79 Å². The fourth-order valence-corrected chi connectivity index (χ4v) is 2.44. The predicted octanol–water partition coefficient (Wildman–Crippen LogP) is 3.95. The average molecular weight is 287 g/mol. The first-order valence-electron chi connectivity index (χ1n) is 6.84. The van der Waals surface area contributed by atoms with Crippen LogP contribution in [0.4, 0.5) is 0 Å². The second-order valence-corrected chi connectivity index (χ2v) is 4.91. The minimum absolute atomic E-state index is 0.0837. The Morgan fingerprint density at radius 1 is 1.05 bits per heavy atom. The van der Waals surface area contributed by atoms with Gasteiger partial charge in [-0.1, -0.05) is 24.3 Å². The lowest BCUT2D eigenvalue weighted by atomic mass is 9.96. The van der Waals surface area contributed by atoms with Crippen LogP contribution >= 0.6 is 0 Å². The number of methoxy groups -OCH3 is 1. The third kappa shape index (κ3) is 2.43. The normalized spacial score (nSPS) is 10.2. The molecule has 0 aliphatic heterocycles. The van der Waals surface area contributed by atoms with E-state index in [0.717, 1.165) is 10.8 Å². The molecule has 22 heavy (non-hydrogen) atoms. The van der Waals surface area contributed by atoms with Gasteiger partial charge in [-0.2, -0.15) is 5.26 Å². The Hall–Kier alpha value is -3.12. The molecular formula is C19H13NO2. The number of fused-ring (bicyclic) bond motifs is 1. The summed E-state index contributed by atoms with van der Waals surface area (Å²) in [7, 11) is 1.58. The molecule has 0 saturated heterocycles. The fraction of sp³-hybridized carbons (Fsp3) is 0.0526. The molecule has 0 spiro atoms. The SMILES string of the molecule is COc1cc(C(=O)c2ccc(C#N)cc2)c2ccccc2c1. The molecular weight excluding hydrogens is 274 g/mol. The molecule has 106 valence electrons. The summed E-state index contributed by atoms with van der Waals surface area (Å²) >= 11 is 0. The molecule has 0 aliphatic rings. The number of nitrogens with zero attached hydrogens (tertiary/aromatic N) is 1. The maximum atomic E-state index is 12.8. The van der Waals surface area contributed by atoms with E-state index < -0.39 is 0 Å². The van der Waals surface area contributed by atoms with Crippen LogP contribution in [0.25, 0.3) is 10.8 Å². The van der Waals surface area contributed by atoms with Crippen molar-refractivity contribution in [3.8, 4) is 11.8 Å². The third-order valence-electron chi connectivity index (χ3n) is 3.59. The lowest BCUT2D eigenvalue weighted by molar-refractivity contribution is 0.104. The smallest absolute Gasteiger partial charge is 0.193 e. The van der Waals surface area contributed by atoms with E-state index in [-0.39, 0.29) is 5.78 Å². The van der Waals surface area contributed by atoms with E-state index in [2.05, 4.69) is 0 Å². The van der Waals surface area contributed by atoms with Gasteiger partial charge in [-0.15, -0.1) is 0 Å². The van der Waals surface area contributed by atoms with Crippen LogP contribution in [-0.4, -0.2) is 12.9 Å². The second-order valence-electron chi connectivity index (χ2n) is 4.91. The van der Waals surface area contributed by atoms with Crippen LogP contribution in [0.15, 0.2) is 60.7 Å². The summed E-state index contributed by atoms with van der Waals surface area (Å²) in [4.78, 5) is 12.8. The molecule has 3 aromatic rings. The zero-order chi connectivity index (χ0) is 15.5. The van der Waals surface area contributed by atoms with Gasteiger partial charge in [-0.05, 0) is 47.2 Å². The van der Waals surface area contributed by atoms with Crippen molar-refractivity contribution in [2.45, 2.75) is 0 Å². The van der Waals surface area contributed by atoms with Gasteiger partial charge < -0.3 is 4.74 Å². The molecule has 3 nitrogen and oxygen atoms in total. The van der Waals surface area contributed by atoms with Crippen molar-refractivity contribution >= 4 is 16.6 Å². The summed E-state index contributed by atoms with van der Waals surface area (Å²) in [6, 6.07) is 20.1. The van der Waals surface area contributed by atoms with Crippen molar-refractivity contribution in [1.29, 1.82) is 5.26 Å². The first-order valence-corrected chi connectivity index (χ1v) is 6.84. The van der Waals surface area contributed by atoms with Gasteiger partial charge in [0.05, 0.1) is 18.7 Å². The van der Waals surface area contributed by atoms with Crippen LogP contribution in [0.5, 0.6) is 5.75 Å². The van der Waals surface area contributed by atoms with Crippen LogP contribution in [-0.2, 0) is 0 Å². The largest absolute Gasteiger partial charge is 0.497 e. The summed E-state index contributed by atoms with van der Waals surface area (Å²) in [5, 5.41) is 10.7. The van der Waals surface area contributed by atoms with Gasteiger partial charge in [0.1, 0.15) is 5.75 Å². The van der Waals surface area contributed by atoms with Gasteiger partial charge in [0.2, 0.25) is 0 Å². The Morgan fingerprint density at radius 3 is 2.45 bits per heavy atom. The van der Waals surface area contributed by atoms with Crippen molar-refractivity contribution in [3.05, 3.63) is 77.4 Å². The fourth-order valence-electron chi connectivity index (χ4n) is 2.44. The topological polar surface area (TPSA) is 50.1 Å². The molecule has 0 N–H and O–H groups in total. The molecule has 3 aromatic carbocycles. The van der Waals surface area contributed by atoms with Gasteiger partial charge in [-0.3, -0.25) is 4.79 Å². The van der Waals surface area contributed by atoms with Crippen molar-refractivity contribution in [1.82, 2.24) is 0 Å². The molecule has 0 atom stereocenters. The predicted molar refractivity (Wildman–Crippen MR) is 85.1 cm³/mol. The Balaban J connectivity index is 2.15. The number of ketones is 1. The first kappa shape index (κ1) is 13.8. The number of carbonyl (C=O) groups is 1. The minimum Gasteiger partial charge on any atom is -0.497 e. The number of hydrogen-bond acceptors (Lipinski definition) is 3. The van der Waals surface area contributed by atoms with Crippen LogP contribution in [0.2, 0.25) is 0 Å². The van der Waals surface area contributed by atoms with Crippen LogP contribution in [0, 0.1) is 11.3 Å². The van der Waals surface area contributed by atoms with E-state index in [1.807, 2.05) is 36.4 Å². The molecule has 0 bridgehead atoms. The van der Waals surface area contributed by atoms with E-state index in [0.29, 0.717) is 22.4 Å². The second kappa shape index (κ2) is 5.71. The molecule has 0 amide bonds. The molecule has 3 heteroatoms. The van der Waals surface area contributed by atoms with E-state index >= 15 is 0 Å². The number of hydrogen-bond donors (Lipinski definition) is 0. The summed E-state index contributed by atoms with van der Waals surface area (Å²) in [6.45, 7) is 0. The number of rotatable bonds is 3. The lowest BCUT2D eigenvalue weighted by Crippen LogP contribution is -2.03. The number of ether oxygens (including phenoxy) is 1. The maximum absolute atomic E-state index is 12.8. The van der Waals surface area contributed by atoms with E-state index in [1.165, 1.54) is 0 Å². The molecule has 0 aromatic heterocycles. The summed E-state index contributed by atoms with van der Waals surface area (Å²) < 4.78 is 5.29. The van der Waals surface area contributed by atoms with E-state index in [1.54, 1.807) is 37.4 Å². The molecule has 0 unspecified atom stereocenters. The van der Waals surface area contributed by atoms with Crippen molar-refractivity contribution in [3.63, 3.8) is 0 Å². The Kier molecular flexibility index (Phi) is 3.59. The average Bonchev–Trinajstić information content (AvgIpc) is 2.60. The van der Waals surface area contributed by atoms with Gasteiger partial charge in [0.15, 0.2) is 5.78 Å².